The number of carbonyl (C=O) groups is 3. The van der Waals surface area contributed by atoms with Crippen molar-refractivity contribution in [3.63, 3.8) is 0 Å². The van der Waals surface area contributed by atoms with Crippen molar-refractivity contribution in [1.82, 2.24) is 4.90 Å². The van der Waals surface area contributed by atoms with Crippen molar-refractivity contribution >= 4 is 40.4 Å². The molecular weight excluding hydrogens is 418 g/mol. The Hall–Kier alpha value is -2.24. The molecule has 1 fully saturated rings. The first-order chi connectivity index (χ1) is 14.3. The number of hydrogen-bond acceptors (Lipinski definition) is 4. The van der Waals surface area contributed by atoms with Gasteiger partial charge in [0.25, 0.3) is 5.91 Å². The van der Waals surface area contributed by atoms with Gasteiger partial charge in [0.05, 0.1) is 11.6 Å². The van der Waals surface area contributed by atoms with Crippen LogP contribution in [0.4, 0.5) is 0 Å². The number of nitrogens with zero attached hydrogens (tertiary/aromatic N) is 1. The molecule has 2 aliphatic rings. The molecule has 4 rings (SSSR count). The van der Waals surface area contributed by atoms with E-state index < -0.39 is 0 Å². The van der Waals surface area contributed by atoms with Crippen LogP contribution in [0.5, 0.6) is 0 Å². The predicted molar refractivity (Wildman–Crippen MR) is 119 cm³/mol. The van der Waals surface area contributed by atoms with Gasteiger partial charge < -0.3 is 4.90 Å². The second-order valence-electron chi connectivity index (χ2n) is 8.23. The van der Waals surface area contributed by atoms with Crippen molar-refractivity contribution in [2.75, 3.05) is 0 Å². The molecule has 6 heteroatoms. The van der Waals surface area contributed by atoms with E-state index >= 15 is 0 Å². The molecule has 1 aliphatic heterocycles. The van der Waals surface area contributed by atoms with Crippen molar-refractivity contribution in [2.24, 2.45) is 0 Å². The fourth-order valence-corrected chi connectivity index (χ4v) is 5.48. The van der Waals surface area contributed by atoms with E-state index in [4.69, 9.17) is 11.6 Å². The normalized spacial score (nSPS) is 18.8. The smallest absolute Gasteiger partial charge is 0.255 e. The Morgan fingerprint density at radius 3 is 2.87 bits per heavy atom. The van der Waals surface area contributed by atoms with Crippen molar-refractivity contribution in [3.05, 3.63) is 67.9 Å². The average molecular weight is 442 g/mol. The van der Waals surface area contributed by atoms with Gasteiger partial charge in [-0.3, -0.25) is 14.4 Å². The molecule has 0 N–H and O–H groups in total. The summed E-state index contributed by atoms with van der Waals surface area (Å²) in [5, 5.41) is 2.56. The maximum Gasteiger partial charge on any atom is 0.255 e. The fraction of sp³-hybridized carbons (Fsp3) is 0.375. The number of thiophene rings is 1. The van der Waals surface area contributed by atoms with E-state index in [-0.39, 0.29) is 23.5 Å². The molecule has 4 nitrogen and oxygen atoms in total. The summed E-state index contributed by atoms with van der Waals surface area (Å²) in [6.45, 7) is 6.31. The third-order valence-corrected chi connectivity index (χ3v) is 7.51. The number of benzene rings is 1. The zero-order chi connectivity index (χ0) is 21.4. The SMILES string of the molecule is C=C1CCC(N2Cc3c(csc3CCC(=O)Cc3ccc(C)c(Cl)c3)C2=O)C(=O)C1. The standard InChI is InChI=1S/C24H24ClNO3S/c1-14-3-7-21(22(28)9-14)26-12-18-19(24(26)29)13-30-23(18)8-6-17(27)10-16-5-4-15(2)20(25)11-16/h4-5,11,13,21H,1,3,6-10,12H2,2H3. The Balaban J connectivity index is 1.39. The van der Waals surface area contributed by atoms with Crippen LogP contribution >= 0.6 is 22.9 Å². The molecule has 0 spiro atoms. The maximum atomic E-state index is 12.9. The molecule has 1 unspecified atom stereocenters. The first-order valence-corrected chi connectivity index (χ1v) is 11.5. The predicted octanol–water partition coefficient (Wildman–Crippen LogP) is 5.09. The van der Waals surface area contributed by atoms with Gasteiger partial charge in [0.15, 0.2) is 5.78 Å². The van der Waals surface area contributed by atoms with Gasteiger partial charge in [-0.1, -0.05) is 35.9 Å². The second-order valence-corrected chi connectivity index (χ2v) is 9.60. The lowest BCUT2D eigenvalue weighted by Crippen LogP contribution is -2.43. The number of halogens is 1. The van der Waals surface area contributed by atoms with E-state index in [2.05, 4.69) is 6.58 Å². The highest BCUT2D eigenvalue weighted by molar-refractivity contribution is 7.10. The van der Waals surface area contributed by atoms with Gasteiger partial charge in [0.1, 0.15) is 5.78 Å². The number of ketones is 2. The molecule has 1 aliphatic carbocycles. The highest BCUT2D eigenvalue weighted by atomic mass is 35.5. The zero-order valence-corrected chi connectivity index (χ0v) is 18.6. The summed E-state index contributed by atoms with van der Waals surface area (Å²) in [4.78, 5) is 40.5. The molecule has 1 saturated carbocycles. The van der Waals surface area contributed by atoms with Crippen LogP contribution < -0.4 is 0 Å². The maximum absolute atomic E-state index is 12.9. The minimum atomic E-state index is -0.346. The first-order valence-electron chi connectivity index (χ1n) is 10.2. The minimum absolute atomic E-state index is 0.0565. The van der Waals surface area contributed by atoms with Crippen LogP contribution in [0.1, 0.15) is 57.6 Å². The lowest BCUT2D eigenvalue weighted by atomic mass is 9.89. The summed E-state index contributed by atoms with van der Waals surface area (Å²) in [6.07, 6.45) is 3.22. The number of rotatable bonds is 6. The van der Waals surface area contributed by atoms with E-state index in [1.165, 1.54) is 11.3 Å². The number of fused-ring (bicyclic) bond motifs is 1. The van der Waals surface area contributed by atoms with E-state index in [0.29, 0.717) is 49.2 Å². The molecule has 1 aromatic carbocycles. The second kappa shape index (κ2) is 8.48. The van der Waals surface area contributed by atoms with Crippen LogP contribution in [0.2, 0.25) is 5.02 Å². The summed E-state index contributed by atoms with van der Waals surface area (Å²) >= 11 is 7.69. The van der Waals surface area contributed by atoms with Gasteiger partial charge in [-0.25, -0.2) is 0 Å². The lowest BCUT2D eigenvalue weighted by Gasteiger charge is -2.30. The Morgan fingerprint density at radius 1 is 1.33 bits per heavy atom. The molecule has 1 aromatic heterocycles. The molecule has 0 bridgehead atoms. The first kappa shape index (κ1) is 21.0. The van der Waals surface area contributed by atoms with E-state index in [1.54, 1.807) is 4.90 Å². The summed E-state index contributed by atoms with van der Waals surface area (Å²) < 4.78 is 0. The Morgan fingerprint density at radius 2 is 2.13 bits per heavy atom. The number of aryl methyl sites for hydroxylation is 2. The molecule has 1 atom stereocenters. The summed E-state index contributed by atoms with van der Waals surface area (Å²) in [5.41, 5.74) is 4.56. The van der Waals surface area contributed by atoms with E-state index in [0.717, 1.165) is 33.6 Å². The summed E-state index contributed by atoms with van der Waals surface area (Å²) in [5.74, 6) is 0.181. The molecule has 0 radical (unpaired) electrons. The zero-order valence-electron chi connectivity index (χ0n) is 17.0. The third-order valence-electron chi connectivity index (χ3n) is 6.01. The van der Waals surface area contributed by atoms with Gasteiger partial charge in [-0.15, -0.1) is 11.3 Å². The topological polar surface area (TPSA) is 54.5 Å². The summed E-state index contributed by atoms with van der Waals surface area (Å²) in [6, 6.07) is 5.37. The van der Waals surface area contributed by atoms with Gasteiger partial charge in [0.2, 0.25) is 0 Å². The Labute approximate surface area is 185 Å². The molecule has 0 saturated heterocycles. The lowest BCUT2D eigenvalue weighted by molar-refractivity contribution is -0.124. The number of Topliss-reactive ketones (excluding diaryl/α,β-unsaturated/α-hetero) is 2. The molecule has 1 amide bonds. The molecule has 2 aromatic rings. The highest BCUT2D eigenvalue weighted by Gasteiger charge is 2.39. The van der Waals surface area contributed by atoms with Crippen molar-refractivity contribution < 1.29 is 14.4 Å². The molecule has 30 heavy (non-hydrogen) atoms. The highest BCUT2D eigenvalue weighted by Crippen LogP contribution is 2.36. The Kier molecular flexibility index (Phi) is 5.94. The summed E-state index contributed by atoms with van der Waals surface area (Å²) in [7, 11) is 0. The average Bonchev–Trinajstić information content (AvgIpc) is 3.23. The molecule has 156 valence electrons. The van der Waals surface area contributed by atoms with Gasteiger partial charge in [-0.2, -0.15) is 0 Å². The van der Waals surface area contributed by atoms with E-state index in [9.17, 15) is 14.4 Å². The Bertz CT molecular complexity index is 1050. The van der Waals surface area contributed by atoms with Gasteiger partial charge in [-0.05, 0) is 48.9 Å². The van der Waals surface area contributed by atoms with Gasteiger partial charge >= 0.3 is 0 Å². The third kappa shape index (κ3) is 4.14. The van der Waals surface area contributed by atoms with Crippen LogP contribution in [0, 0.1) is 6.92 Å². The largest absolute Gasteiger partial charge is 0.324 e. The molecular formula is C24H24ClNO3S. The van der Waals surface area contributed by atoms with Crippen LogP contribution in [-0.4, -0.2) is 28.4 Å². The number of carbonyl (C=O) groups excluding carboxylic acids is 3. The quantitative estimate of drug-likeness (QED) is 0.587. The van der Waals surface area contributed by atoms with Crippen LogP contribution in [0.25, 0.3) is 0 Å². The number of hydrogen-bond donors (Lipinski definition) is 0. The van der Waals surface area contributed by atoms with Crippen molar-refractivity contribution in [2.45, 2.75) is 58.0 Å². The monoisotopic (exact) mass is 441 g/mol. The van der Waals surface area contributed by atoms with Crippen LogP contribution in [0.3, 0.4) is 0 Å². The van der Waals surface area contributed by atoms with Crippen molar-refractivity contribution in [1.29, 1.82) is 0 Å². The minimum Gasteiger partial charge on any atom is -0.324 e. The number of allylic oxidation sites excluding steroid dienone is 1. The fourth-order valence-electron chi connectivity index (χ4n) is 4.23. The molecule has 2 heterocycles. The number of amides is 1. The van der Waals surface area contributed by atoms with Crippen LogP contribution in [0.15, 0.2) is 35.7 Å². The van der Waals surface area contributed by atoms with Gasteiger partial charge in [0, 0.05) is 41.1 Å². The van der Waals surface area contributed by atoms with E-state index in [1.807, 2.05) is 30.5 Å². The van der Waals surface area contributed by atoms with Crippen LogP contribution in [-0.2, 0) is 29.0 Å². The van der Waals surface area contributed by atoms with Crippen molar-refractivity contribution in [3.8, 4) is 0 Å².